The number of benzene rings is 1. The maximum atomic E-state index is 12.5. The van der Waals surface area contributed by atoms with Crippen LogP contribution in [0.2, 0.25) is 0 Å². The molecule has 0 aliphatic rings. The molecule has 0 saturated carbocycles. The average molecular weight is 317 g/mol. The van der Waals surface area contributed by atoms with Crippen molar-refractivity contribution in [3.63, 3.8) is 0 Å². The third-order valence-electron chi connectivity index (χ3n) is 3.88. The summed E-state index contributed by atoms with van der Waals surface area (Å²) < 4.78 is 0. The predicted molar refractivity (Wildman–Crippen MR) is 91.1 cm³/mol. The number of hydrogen-bond acceptors (Lipinski definition) is 4. The van der Waals surface area contributed by atoms with Crippen molar-refractivity contribution in [1.29, 1.82) is 0 Å². The number of hydrogen-bond donors (Lipinski definition) is 1. The van der Waals surface area contributed by atoms with Gasteiger partial charge in [-0.1, -0.05) is 36.8 Å². The van der Waals surface area contributed by atoms with Gasteiger partial charge in [-0.3, -0.25) is 4.79 Å². The van der Waals surface area contributed by atoms with Gasteiger partial charge >= 0.3 is 0 Å². The Bertz CT molecular complexity index is 621. The first-order valence-corrected chi connectivity index (χ1v) is 8.40. The molecule has 1 heterocycles. The number of nitrogens with zero attached hydrogens (tertiary/aromatic N) is 2. The van der Waals surface area contributed by atoms with Gasteiger partial charge < -0.3 is 10.6 Å². The highest BCUT2D eigenvalue weighted by Gasteiger charge is 2.22. The first kappa shape index (κ1) is 16.6. The SMILES string of the molecule is CCC(Cc1ccc(C)cc1)N(C)C(=O)c1csc(CN)n1. The molecule has 1 amide bonds. The number of aromatic nitrogens is 1. The molecule has 0 aliphatic heterocycles. The normalized spacial score (nSPS) is 12.2. The van der Waals surface area contributed by atoms with Crippen molar-refractivity contribution in [3.05, 3.63) is 51.5 Å². The molecule has 0 aliphatic carbocycles. The van der Waals surface area contributed by atoms with E-state index >= 15 is 0 Å². The number of aryl methyl sites for hydroxylation is 1. The van der Waals surface area contributed by atoms with E-state index in [2.05, 4.69) is 43.1 Å². The van der Waals surface area contributed by atoms with Crippen molar-refractivity contribution in [2.75, 3.05) is 7.05 Å². The average Bonchev–Trinajstić information content (AvgIpc) is 3.02. The Hall–Kier alpha value is -1.72. The van der Waals surface area contributed by atoms with Crippen molar-refractivity contribution in [2.45, 2.75) is 39.3 Å². The van der Waals surface area contributed by atoms with Crippen LogP contribution in [0.25, 0.3) is 0 Å². The fourth-order valence-corrected chi connectivity index (χ4v) is 3.05. The van der Waals surface area contributed by atoms with E-state index in [9.17, 15) is 4.79 Å². The van der Waals surface area contributed by atoms with E-state index < -0.39 is 0 Å². The largest absolute Gasteiger partial charge is 0.337 e. The Morgan fingerprint density at radius 1 is 1.36 bits per heavy atom. The van der Waals surface area contributed by atoms with Crippen LogP contribution in [0.1, 0.15) is 40.0 Å². The lowest BCUT2D eigenvalue weighted by molar-refractivity contribution is 0.0722. The molecule has 4 nitrogen and oxygen atoms in total. The van der Waals surface area contributed by atoms with E-state index in [4.69, 9.17) is 5.73 Å². The Labute approximate surface area is 136 Å². The van der Waals surface area contributed by atoms with Gasteiger partial charge in [-0.15, -0.1) is 11.3 Å². The summed E-state index contributed by atoms with van der Waals surface area (Å²) in [5, 5.41) is 2.59. The summed E-state index contributed by atoms with van der Waals surface area (Å²) in [6, 6.07) is 8.64. The Morgan fingerprint density at radius 3 is 2.59 bits per heavy atom. The van der Waals surface area contributed by atoms with Gasteiger partial charge in [-0.05, 0) is 25.3 Å². The standard InChI is InChI=1S/C17H23N3OS/c1-4-14(9-13-7-5-12(2)6-8-13)20(3)17(21)15-11-22-16(10-18)19-15/h5-8,11,14H,4,9-10,18H2,1-3H3. The lowest BCUT2D eigenvalue weighted by atomic mass is 10.0. The maximum absolute atomic E-state index is 12.5. The zero-order chi connectivity index (χ0) is 16.1. The zero-order valence-corrected chi connectivity index (χ0v) is 14.2. The van der Waals surface area contributed by atoms with Crippen molar-refractivity contribution in [1.82, 2.24) is 9.88 Å². The third-order valence-corrected chi connectivity index (χ3v) is 4.75. The molecule has 1 aromatic heterocycles. The Kier molecular flexibility index (Phi) is 5.69. The number of carbonyl (C=O) groups is 1. The quantitative estimate of drug-likeness (QED) is 0.891. The summed E-state index contributed by atoms with van der Waals surface area (Å²) in [5.41, 5.74) is 8.55. The molecule has 1 unspecified atom stereocenters. The molecule has 2 N–H and O–H groups in total. The van der Waals surface area contributed by atoms with Gasteiger partial charge in [-0.2, -0.15) is 0 Å². The van der Waals surface area contributed by atoms with Crippen LogP contribution in [0.3, 0.4) is 0 Å². The molecule has 0 bridgehead atoms. The molecule has 1 atom stereocenters. The Balaban J connectivity index is 2.08. The molecule has 22 heavy (non-hydrogen) atoms. The van der Waals surface area contributed by atoms with Crippen molar-refractivity contribution in [2.24, 2.45) is 5.73 Å². The van der Waals surface area contributed by atoms with Crippen LogP contribution in [-0.4, -0.2) is 28.9 Å². The number of carbonyl (C=O) groups excluding carboxylic acids is 1. The molecule has 0 fully saturated rings. The summed E-state index contributed by atoms with van der Waals surface area (Å²) in [6.07, 6.45) is 1.76. The highest BCUT2D eigenvalue weighted by atomic mass is 32.1. The summed E-state index contributed by atoms with van der Waals surface area (Å²) in [5.74, 6) is -0.0325. The summed E-state index contributed by atoms with van der Waals surface area (Å²) in [7, 11) is 1.85. The molecule has 0 saturated heterocycles. The van der Waals surface area contributed by atoms with E-state index in [0.29, 0.717) is 12.2 Å². The van der Waals surface area contributed by atoms with Crippen LogP contribution in [0.4, 0.5) is 0 Å². The lowest BCUT2D eigenvalue weighted by Crippen LogP contribution is -2.38. The molecular weight excluding hydrogens is 294 g/mol. The van der Waals surface area contributed by atoms with Crippen LogP contribution < -0.4 is 5.73 Å². The van der Waals surface area contributed by atoms with E-state index in [0.717, 1.165) is 17.8 Å². The first-order chi connectivity index (χ1) is 10.5. The number of likely N-dealkylation sites (N-methyl/N-ethyl adjacent to an activating group) is 1. The minimum absolute atomic E-state index is 0.0325. The number of rotatable bonds is 6. The van der Waals surface area contributed by atoms with Crippen LogP contribution >= 0.6 is 11.3 Å². The highest BCUT2D eigenvalue weighted by Crippen LogP contribution is 2.16. The second kappa shape index (κ2) is 7.51. The van der Waals surface area contributed by atoms with Crippen LogP contribution in [0, 0.1) is 6.92 Å². The van der Waals surface area contributed by atoms with Gasteiger partial charge in [0.25, 0.3) is 5.91 Å². The fraction of sp³-hybridized carbons (Fsp3) is 0.412. The fourth-order valence-electron chi connectivity index (χ4n) is 2.40. The van der Waals surface area contributed by atoms with Crippen LogP contribution in [-0.2, 0) is 13.0 Å². The maximum Gasteiger partial charge on any atom is 0.273 e. The molecule has 0 radical (unpaired) electrons. The van der Waals surface area contributed by atoms with Crippen molar-refractivity contribution >= 4 is 17.2 Å². The second-order valence-electron chi connectivity index (χ2n) is 5.50. The minimum Gasteiger partial charge on any atom is -0.337 e. The van der Waals surface area contributed by atoms with Gasteiger partial charge in [0.15, 0.2) is 0 Å². The van der Waals surface area contributed by atoms with Crippen molar-refractivity contribution in [3.8, 4) is 0 Å². The zero-order valence-electron chi connectivity index (χ0n) is 13.4. The second-order valence-corrected chi connectivity index (χ2v) is 6.44. The smallest absolute Gasteiger partial charge is 0.273 e. The lowest BCUT2D eigenvalue weighted by Gasteiger charge is -2.27. The van der Waals surface area contributed by atoms with E-state index in [1.54, 1.807) is 10.3 Å². The molecule has 2 rings (SSSR count). The van der Waals surface area contributed by atoms with E-state index in [-0.39, 0.29) is 11.9 Å². The van der Waals surface area contributed by atoms with Crippen molar-refractivity contribution < 1.29 is 4.79 Å². The summed E-state index contributed by atoms with van der Waals surface area (Å²) in [4.78, 5) is 18.6. The number of amides is 1. The van der Waals surface area contributed by atoms with Gasteiger partial charge in [0, 0.05) is 25.0 Å². The predicted octanol–water partition coefficient (Wildman–Crippen LogP) is 3.00. The summed E-state index contributed by atoms with van der Waals surface area (Å²) in [6.45, 7) is 4.56. The molecule has 5 heteroatoms. The molecular formula is C17H23N3OS. The molecule has 0 spiro atoms. The number of thiazole rings is 1. The third kappa shape index (κ3) is 3.93. The van der Waals surface area contributed by atoms with Gasteiger partial charge in [0.05, 0.1) is 0 Å². The Morgan fingerprint density at radius 2 is 2.05 bits per heavy atom. The number of nitrogens with two attached hydrogens (primary N) is 1. The molecule has 1 aromatic carbocycles. The van der Waals surface area contributed by atoms with Gasteiger partial charge in [-0.25, -0.2) is 4.98 Å². The van der Waals surface area contributed by atoms with E-state index in [1.165, 1.54) is 22.5 Å². The molecule has 2 aromatic rings. The topological polar surface area (TPSA) is 59.2 Å². The molecule has 118 valence electrons. The van der Waals surface area contributed by atoms with Crippen LogP contribution in [0.15, 0.2) is 29.6 Å². The minimum atomic E-state index is -0.0325. The van der Waals surface area contributed by atoms with E-state index in [1.807, 2.05) is 7.05 Å². The monoisotopic (exact) mass is 317 g/mol. The van der Waals surface area contributed by atoms with Gasteiger partial charge in [0.1, 0.15) is 10.7 Å². The van der Waals surface area contributed by atoms with Gasteiger partial charge in [0.2, 0.25) is 0 Å². The first-order valence-electron chi connectivity index (χ1n) is 7.52. The summed E-state index contributed by atoms with van der Waals surface area (Å²) >= 11 is 1.44. The van der Waals surface area contributed by atoms with Crippen LogP contribution in [0.5, 0.6) is 0 Å². The highest BCUT2D eigenvalue weighted by molar-refractivity contribution is 7.09.